The number of hydrogen-bond acceptors (Lipinski definition) is 5. The number of aromatic nitrogens is 2. The molecule has 5 nitrogen and oxygen atoms in total. The smallest absolute Gasteiger partial charge is 0.226 e. The van der Waals surface area contributed by atoms with Crippen molar-refractivity contribution in [3.63, 3.8) is 0 Å². The summed E-state index contributed by atoms with van der Waals surface area (Å²) in [4.78, 5) is 23.0. The molecule has 0 aliphatic heterocycles. The number of nitrogens with zero attached hydrogens (tertiary/aromatic N) is 3. The Morgan fingerprint density at radius 2 is 2.14 bits per heavy atom. The molecule has 0 bridgehead atoms. The molecule has 1 amide bonds. The number of carbonyl (C=O) groups is 1. The number of thiazole rings is 1. The summed E-state index contributed by atoms with van der Waals surface area (Å²) in [5, 5.41) is 5.82. The normalized spacial score (nSPS) is 11.7. The van der Waals surface area contributed by atoms with Crippen molar-refractivity contribution >= 4 is 17.2 Å². The number of likely N-dealkylation sites (N-methyl/N-ethyl adjacent to an activating group) is 1. The number of amides is 1. The molecule has 2 aromatic heterocycles. The van der Waals surface area contributed by atoms with E-state index in [9.17, 15) is 4.79 Å². The van der Waals surface area contributed by atoms with Gasteiger partial charge in [-0.15, -0.1) is 11.3 Å². The van der Waals surface area contributed by atoms with Crippen molar-refractivity contribution in [3.05, 3.63) is 35.5 Å². The van der Waals surface area contributed by atoms with Gasteiger partial charge in [-0.05, 0) is 40.1 Å². The minimum atomic E-state index is -0.263. The van der Waals surface area contributed by atoms with E-state index in [4.69, 9.17) is 0 Å². The van der Waals surface area contributed by atoms with Crippen LogP contribution in [0.4, 0.5) is 0 Å². The standard InChI is InChI=1S/C16H22N4OS/c1-16(2,11-20(3)4)19-14(21)9-12-10-22-15(18-12)13-7-5-6-8-17-13/h5-8,10H,9,11H2,1-4H3,(H,19,21). The fourth-order valence-electron chi connectivity index (χ4n) is 2.41. The van der Waals surface area contributed by atoms with Crippen LogP contribution in [-0.2, 0) is 11.2 Å². The summed E-state index contributed by atoms with van der Waals surface area (Å²) in [5.74, 6) is -0.00952. The van der Waals surface area contributed by atoms with Gasteiger partial charge in [-0.25, -0.2) is 4.98 Å². The first kappa shape index (κ1) is 16.6. The molecular formula is C16H22N4OS. The van der Waals surface area contributed by atoms with E-state index in [2.05, 4.69) is 20.2 Å². The molecule has 0 fully saturated rings. The molecule has 0 aliphatic carbocycles. The van der Waals surface area contributed by atoms with E-state index >= 15 is 0 Å². The highest BCUT2D eigenvalue weighted by Gasteiger charge is 2.21. The van der Waals surface area contributed by atoms with Gasteiger partial charge in [0.05, 0.1) is 17.8 Å². The lowest BCUT2D eigenvalue weighted by Crippen LogP contribution is -2.50. The van der Waals surface area contributed by atoms with Crippen LogP contribution in [-0.4, -0.2) is 47.0 Å². The van der Waals surface area contributed by atoms with Crippen LogP contribution < -0.4 is 5.32 Å². The van der Waals surface area contributed by atoms with Crippen molar-refractivity contribution in [2.24, 2.45) is 0 Å². The lowest BCUT2D eigenvalue weighted by atomic mass is 10.0. The highest BCUT2D eigenvalue weighted by atomic mass is 32.1. The van der Waals surface area contributed by atoms with Crippen LogP contribution in [0.3, 0.4) is 0 Å². The van der Waals surface area contributed by atoms with Crippen LogP contribution in [0.25, 0.3) is 10.7 Å². The Bertz CT molecular complexity index is 622. The van der Waals surface area contributed by atoms with Gasteiger partial charge < -0.3 is 10.2 Å². The van der Waals surface area contributed by atoms with E-state index in [1.54, 1.807) is 6.20 Å². The zero-order valence-corrected chi connectivity index (χ0v) is 14.3. The second-order valence-electron chi connectivity index (χ2n) is 6.21. The quantitative estimate of drug-likeness (QED) is 0.887. The molecule has 0 saturated heterocycles. The maximum absolute atomic E-state index is 12.2. The van der Waals surface area contributed by atoms with Gasteiger partial charge in [0.2, 0.25) is 5.91 Å². The fourth-order valence-corrected chi connectivity index (χ4v) is 3.21. The van der Waals surface area contributed by atoms with Gasteiger partial charge in [-0.3, -0.25) is 9.78 Å². The van der Waals surface area contributed by atoms with Crippen molar-refractivity contribution in [1.29, 1.82) is 0 Å². The number of rotatable bonds is 6. The summed E-state index contributed by atoms with van der Waals surface area (Å²) in [6, 6.07) is 5.72. The zero-order valence-electron chi connectivity index (χ0n) is 13.5. The van der Waals surface area contributed by atoms with Crippen LogP contribution in [0.2, 0.25) is 0 Å². The monoisotopic (exact) mass is 318 g/mol. The lowest BCUT2D eigenvalue weighted by Gasteiger charge is -2.29. The third-order valence-electron chi connectivity index (χ3n) is 2.97. The van der Waals surface area contributed by atoms with Crippen LogP contribution in [0, 0.1) is 0 Å². The third kappa shape index (κ3) is 4.89. The number of carbonyl (C=O) groups excluding carboxylic acids is 1. The Labute approximate surface area is 135 Å². The van der Waals surface area contributed by atoms with Crippen LogP contribution >= 0.6 is 11.3 Å². The first-order valence-corrected chi connectivity index (χ1v) is 8.05. The fraction of sp³-hybridized carbons (Fsp3) is 0.438. The van der Waals surface area contributed by atoms with Gasteiger partial charge in [0.15, 0.2) is 0 Å². The molecule has 2 aromatic rings. The molecule has 0 saturated carbocycles. The average Bonchev–Trinajstić information content (AvgIpc) is 2.85. The predicted molar refractivity (Wildman–Crippen MR) is 89.8 cm³/mol. The van der Waals surface area contributed by atoms with Gasteiger partial charge >= 0.3 is 0 Å². The first-order chi connectivity index (χ1) is 10.4. The molecule has 0 unspecified atom stereocenters. The lowest BCUT2D eigenvalue weighted by molar-refractivity contribution is -0.122. The molecule has 2 rings (SSSR count). The Kier molecular flexibility index (Phi) is 5.26. The predicted octanol–water partition coefficient (Wildman–Crippen LogP) is 2.20. The van der Waals surface area contributed by atoms with Crippen LogP contribution in [0.5, 0.6) is 0 Å². The van der Waals surface area contributed by atoms with Crippen molar-refractivity contribution in [2.75, 3.05) is 20.6 Å². The van der Waals surface area contributed by atoms with Gasteiger partial charge in [0.1, 0.15) is 5.01 Å². The molecule has 0 atom stereocenters. The second kappa shape index (κ2) is 6.98. The zero-order chi connectivity index (χ0) is 16.2. The van der Waals surface area contributed by atoms with Crippen molar-refractivity contribution in [2.45, 2.75) is 25.8 Å². The Morgan fingerprint density at radius 1 is 1.36 bits per heavy atom. The number of nitrogens with one attached hydrogen (secondary N) is 1. The van der Waals surface area contributed by atoms with E-state index in [0.717, 1.165) is 22.9 Å². The topological polar surface area (TPSA) is 58.1 Å². The minimum Gasteiger partial charge on any atom is -0.350 e. The second-order valence-corrected chi connectivity index (χ2v) is 7.06. The number of pyridine rings is 1. The van der Waals surface area contributed by atoms with E-state index in [1.807, 2.05) is 51.5 Å². The molecule has 0 radical (unpaired) electrons. The molecule has 118 valence electrons. The van der Waals surface area contributed by atoms with E-state index in [1.165, 1.54) is 11.3 Å². The minimum absolute atomic E-state index is 0.00952. The highest BCUT2D eigenvalue weighted by Crippen LogP contribution is 2.21. The molecule has 22 heavy (non-hydrogen) atoms. The average molecular weight is 318 g/mol. The van der Waals surface area contributed by atoms with Crippen molar-refractivity contribution in [1.82, 2.24) is 20.2 Å². The third-order valence-corrected chi connectivity index (χ3v) is 3.88. The van der Waals surface area contributed by atoms with Gasteiger partial charge in [-0.2, -0.15) is 0 Å². The molecule has 0 aliphatic rings. The largest absolute Gasteiger partial charge is 0.350 e. The molecule has 6 heteroatoms. The summed E-state index contributed by atoms with van der Waals surface area (Å²) < 4.78 is 0. The molecular weight excluding hydrogens is 296 g/mol. The van der Waals surface area contributed by atoms with Crippen LogP contribution in [0.1, 0.15) is 19.5 Å². The molecule has 0 spiro atoms. The summed E-state index contributed by atoms with van der Waals surface area (Å²) in [6.45, 7) is 4.82. The maximum Gasteiger partial charge on any atom is 0.226 e. The van der Waals surface area contributed by atoms with Gasteiger partial charge in [-0.1, -0.05) is 6.07 Å². The molecule has 1 N–H and O–H groups in total. The highest BCUT2D eigenvalue weighted by molar-refractivity contribution is 7.13. The Morgan fingerprint density at radius 3 is 2.77 bits per heavy atom. The summed E-state index contributed by atoms with van der Waals surface area (Å²) in [7, 11) is 3.99. The number of hydrogen-bond donors (Lipinski definition) is 1. The summed E-state index contributed by atoms with van der Waals surface area (Å²) in [6.07, 6.45) is 2.03. The Hall–Kier alpha value is -1.79. The summed E-state index contributed by atoms with van der Waals surface area (Å²) >= 11 is 1.51. The van der Waals surface area contributed by atoms with Crippen molar-refractivity contribution in [3.8, 4) is 10.7 Å². The summed E-state index contributed by atoms with van der Waals surface area (Å²) in [5.41, 5.74) is 1.36. The van der Waals surface area contributed by atoms with E-state index < -0.39 is 0 Å². The van der Waals surface area contributed by atoms with E-state index in [0.29, 0.717) is 6.42 Å². The van der Waals surface area contributed by atoms with Crippen molar-refractivity contribution < 1.29 is 4.79 Å². The molecule has 2 heterocycles. The van der Waals surface area contributed by atoms with Gasteiger partial charge in [0, 0.05) is 23.7 Å². The molecule has 0 aromatic carbocycles. The maximum atomic E-state index is 12.2. The van der Waals surface area contributed by atoms with Crippen LogP contribution in [0.15, 0.2) is 29.8 Å². The van der Waals surface area contributed by atoms with E-state index in [-0.39, 0.29) is 11.4 Å². The SMILES string of the molecule is CN(C)CC(C)(C)NC(=O)Cc1csc(-c2ccccn2)n1. The first-order valence-electron chi connectivity index (χ1n) is 7.17. The van der Waals surface area contributed by atoms with Gasteiger partial charge in [0.25, 0.3) is 0 Å². The Balaban J connectivity index is 1.97.